The minimum absolute atomic E-state index is 0.0634. The van der Waals surface area contributed by atoms with Crippen LogP contribution in [-0.4, -0.2) is 16.6 Å². The lowest BCUT2D eigenvalue weighted by atomic mass is 10.1. The summed E-state index contributed by atoms with van der Waals surface area (Å²) >= 11 is 9.67. The highest BCUT2D eigenvalue weighted by Gasteiger charge is 2.19. The molecule has 0 saturated heterocycles. The van der Waals surface area contributed by atoms with Gasteiger partial charge in [0.25, 0.3) is 0 Å². The first-order valence-corrected chi connectivity index (χ1v) is 8.00. The molecule has 1 rings (SSSR count). The molecule has 5 heteroatoms. The van der Waals surface area contributed by atoms with Crippen molar-refractivity contribution in [1.82, 2.24) is 9.97 Å². The molecule has 0 aliphatic heterocycles. The van der Waals surface area contributed by atoms with Crippen molar-refractivity contribution in [3.63, 3.8) is 0 Å². The molecule has 108 valence electrons. The Morgan fingerprint density at radius 1 is 1.26 bits per heavy atom. The van der Waals surface area contributed by atoms with Crippen molar-refractivity contribution in [3.05, 3.63) is 21.1 Å². The summed E-state index contributed by atoms with van der Waals surface area (Å²) in [5, 5.41) is 0.474. The van der Waals surface area contributed by atoms with Gasteiger partial charge in [0.1, 0.15) is 11.3 Å². The highest BCUT2D eigenvalue weighted by atomic mass is 79.9. The molecule has 0 N–H and O–H groups in total. The topological polar surface area (TPSA) is 35.0 Å². The second-order valence-corrected chi connectivity index (χ2v) is 6.11. The molecule has 1 unspecified atom stereocenters. The molecule has 0 aliphatic rings. The molecular formula is C14H22BrClN2O. The third-order valence-electron chi connectivity index (χ3n) is 2.70. The average Bonchev–Trinajstić information content (AvgIpc) is 2.34. The van der Waals surface area contributed by atoms with Gasteiger partial charge in [0.15, 0.2) is 5.82 Å². The molecule has 0 fully saturated rings. The van der Waals surface area contributed by atoms with E-state index in [0.29, 0.717) is 23.5 Å². The fraction of sp³-hybridized carbons (Fsp3) is 0.714. The molecule has 19 heavy (non-hydrogen) atoms. The van der Waals surface area contributed by atoms with Gasteiger partial charge in [-0.3, -0.25) is 0 Å². The number of halogens is 2. The Hall–Kier alpha value is -0.190. The lowest BCUT2D eigenvalue weighted by Gasteiger charge is -2.17. The Kier molecular flexibility index (Phi) is 7.26. The predicted octanol–water partition coefficient (Wildman–Crippen LogP) is 4.97. The van der Waals surface area contributed by atoms with Gasteiger partial charge in [0.2, 0.25) is 0 Å². The number of hydrogen-bond acceptors (Lipinski definition) is 3. The second-order valence-electron chi connectivity index (χ2n) is 4.96. The summed E-state index contributed by atoms with van der Waals surface area (Å²) in [4.78, 5) is 9.00. The van der Waals surface area contributed by atoms with Crippen LogP contribution in [0.3, 0.4) is 0 Å². The van der Waals surface area contributed by atoms with E-state index < -0.39 is 0 Å². The number of hydrogen-bond donors (Lipinski definition) is 0. The number of aromatic nitrogens is 2. The smallest absolute Gasteiger partial charge is 0.159 e. The maximum Gasteiger partial charge on any atom is 0.159 e. The minimum Gasteiger partial charge on any atom is -0.371 e. The quantitative estimate of drug-likeness (QED) is 0.652. The summed E-state index contributed by atoms with van der Waals surface area (Å²) in [7, 11) is 0. The SMILES string of the molecule is CCCC(OCC)c1nc(Cl)c(Br)c(CC(C)C)n1. The third kappa shape index (κ3) is 5.01. The monoisotopic (exact) mass is 348 g/mol. The van der Waals surface area contributed by atoms with E-state index in [1.165, 1.54) is 0 Å². The Morgan fingerprint density at radius 2 is 1.95 bits per heavy atom. The fourth-order valence-electron chi connectivity index (χ4n) is 1.90. The molecule has 0 aromatic carbocycles. The zero-order valence-corrected chi connectivity index (χ0v) is 14.4. The first kappa shape index (κ1) is 16.9. The van der Waals surface area contributed by atoms with E-state index in [0.717, 1.165) is 29.4 Å². The molecule has 0 spiro atoms. The van der Waals surface area contributed by atoms with E-state index >= 15 is 0 Å². The van der Waals surface area contributed by atoms with Gasteiger partial charge < -0.3 is 4.74 Å². The van der Waals surface area contributed by atoms with Crippen molar-refractivity contribution in [2.24, 2.45) is 5.92 Å². The summed E-state index contributed by atoms with van der Waals surface area (Å²) in [6.07, 6.45) is 2.75. The van der Waals surface area contributed by atoms with Crippen molar-refractivity contribution >= 4 is 27.5 Å². The van der Waals surface area contributed by atoms with Gasteiger partial charge in [0, 0.05) is 6.61 Å². The van der Waals surface area contributed by atoms with E-state index in [-0.39, 0.29) is 6.10 Å². The van der Waals surface area contributed by atoms with Crippen molar-refractivity contribution in [1.29, 1.82) is 0 Å². The molecule has 1 atom stereocenters. The van der Waals surface area contributed by atoms with Crippen LogP contribution in [0.25, 0.3) is 0 Å². The third-order valence-corrected chi connectivity index (χ3v) is 4.04. The lowest BCUT2D eigenvalue weighted by molar-refractivity contribution is 0.0491. The van der Waals surface area contributed by atoms with Crippen LogP contribution in [0, 0.1) is 5.92 Å². The molecule has 3 nitrogen and oxygen atoms in total. The lowest BCUT2D eigenvalue weighted by Crippen LogP contribution is -2.12. The number of nitrogens with zero attached hydrogens (tertiary/aromatic N) is 2. The minimum atomic E-state index is -0.0634. The van der Waals surface area contributed by atoms with E-state index in [1.807, 2.05) is 6.92 Å². The van der Waals surface area contributed by atoms with E-state index in [2.05, 4.69) is 46.7 Å². The molecule has 1 aromatic heterocycles. The number of rotatable bonds is 7. The summed E-state index contributed by atoms with van der Waals surface area (Å²) in [5.74, 6) is 1.22. The first-order valence-electron chi connectivity index (χ1n) is 6.82. The Labute approximate surface area is 129 Å². The van der Waals surface area contributed by atoms with Gasteiger partial charge in [-0.15, -0.1) is 0 Å². The Balaban J connectivity index is 3.09. The van der Waals surface area contributed by atoms with Gasteiger partial charge in [-0.2, -0.15) is 0 Å². The maximum atomic E-state index is 6.19. The van der Waals surface area contributed by atoms with Gasteiger partial charge in [-0.25, -0.2) is 9.97 Å². The molecule has 1 heterocycles. The zero-order chi connectivity index (χ0) is 14.4. The maximum absolute atomic E-state index is 6.19. The number of ether oxygens (including phenoxy) is 1. The van der Waals surface area contributed by atoms with Crippen LogP contribution in [0.4, 0.5) is 0 Å². The van der Waals surface area contributed by atoms with E-state index in [4.69, 9.17) is 16.3 Å². The standard InChI is InChI=1S/C14H22BrClN2O/c1-5-7-11(19-6-2)14-17-10(8-9(3)4)12(15)13(16)18-14/h9,11H,5-8H2,1-4H3. The molecule has 0 bridgehead atoms. The van der Waals surface area contributed by atoms with Crippen LogP contribution in [0.15, 0.2) is 4.47 Å². The van der Waals surface area contributed by atoms with Crippen LogP contribution in [0.1, 0.15) is 58.2 Å². The van der Waals surface area contributed by atoms with E-state index in [1.54, 1.807) is 0 Å². The highest BCUT2D eigenvalue weighted by Crippen LogP contribution is 2.29. The van der Waals surface area contributed by atoms with E-state index in [9.17, 15) is 0 Å². The molecule has 0 amide bonds. The van der Waals surface area contributed by atoms with Crippen molar-refractivity contribution in [2.45, 2.75) is 53.1 Å². The Morgan fingerprint density at radius 3 is 2.47 bits per heavy atom. The van der Waals surface area contributed by atoms with Crippen LogP contribution in [0.5, 0.6) is 0 Å². The summed E-state index contributed by atoms with van der Waals surface area (Å²) in [6, 6.07) is 0. The Bertz CT molecular complexity index is 407. The fourth-order valence-corrected chi connectivity index (χ4v) is 2.43. The zero-order valence-electron chi connectivity index (χ0n) is 12.0. The van der Waals surface area contributed by atoms with Gasteiger partial charge in [0.05, 0.1) is 10.2 Å². The van der Waals surface area contributed by atoms with Crippen LogP contribution in [0.2, 0.25) is 5.15 Å². The summed E-state index contributed by atoms with van der Waals surface area (Å²) in [6.45, 7) is 9.09. The summed E-state index contributed by atoms with van der Waals surface area (Å²) < 4.78 is 6.53. The molecule has 0 radical (unpaired) electrons. The van der Waals surface area contributed by atoms with Gasteiger partial charge in [-0.1, -0.05) is 38.8 Å². The highest BCUT2D eigenvalue weighted by molar-refractivity contribution is 9.10. The van der Waals surface area contributed by atoms with Crippen LogP contribution in [-0.2, 0) is 11.2 Å². The molecule has 1 aromatic rings. The van der Waals surface area contributed by atoms with Crippen LogP contribution < -0.4 is 0 Å². The largest absolute Gasteiger partial charge is 0.371 e. The second kappa shape index (κ2) is 8.18. The molecular weight excluding hydrogens is 328 g/mol. The van der Waals surface area contributed by atoms with Crippen LogP contribution >= 0.6 is 27.5 Å². The normalized spacial score (nSPS) is 13.0. The predicted molar refractivity (Wildman–Crippen MR) is 82.6 cm³/mol. The average molecular weight is 350 g/mol. The van der Waals surface area contributed by atoms with Gasteiger partial charge >= 0.3 is 0 Å². The molecule has 0 saturated carbocycles. The summed E-state index contributed by atoms with van der Waals surface area (Å²) in [5.41, 5.74) is 0.964. The van der Waals surface area contributed by atoms with Gasteiger partial charge in [-0.05, 0) is 41.6 Å². The van der Waals surface area contributed by atoms with Crippen molar-refractivity contribution in [2.75, 3.05) is 6.61 Å². The first-order chi connectivity index (χ1) is 8.99. The molecule has 0 aliphatic carbocycles. The van der Waals surface area contributed by atoms with Crippen molar-refractivity contribution in [3.8, 4) is 0 Å². The van der Waals surface area contributed by atoms with Crippen molar-refractivity contribution < 1.29 is 4.74 Å².